The molecule has 0 aliphatic heterocycles. The molecule has 3 nitrogen and oxygen atoms in total. The van der Waals surface area contributed by atoms with E-state index in [2.05, 4.69) is 12.1 Å². The molecule has 30 heavy (non-hydrogen) atoms. The van der Waals surface area contributed by atoms with E-state index in [0.717, 1.165) is 27.5 Å². The van der Waals surface area contributed by atoms with Crippen LogP contribution in [0.25, 0.3) is 10.8 Å². The lowest BCUT2D eigenvalue weighted by atomic mass is 9.86. The zero-order chi connectivity index (χ0) is 20.8. The van der Waals surface area contributed by atoms with Crippen molar-refractivity contribution >= 4 is 16.7 Å². The number of fused-ring (bicyclic) bond motifs is 1. The Morgan fingerprint density at radius 1 is 0.733 bits per heavy atom. The van der Waals surface area contributed by atoms with Gasteiger partial charge in [-0.3, -0.25) is 0 Å². The van der Waals surface area contributed by atoms with Gasteiger partial charge in [-0.2, -0.15) is 0 Å². The summed E-state index contributed by atoms with van der Waals surface area (Å²) in [6, 6.07) is 33.2. The molecule has 0 atom stereocenters. The smallest absolute Gasteiger partial charge is 0.348 e. The second kappa shape index (κ2) is 8.93. The van der Waals surface area contributed by atoms with Crippen LogP contribution in [0.2, 0.25) is 0 Å². The average Bonchev–Trinajstić information content (AvgIpc) is 2.82. The normalized spacial score (nSPS) is 11.4. The zero-order valence-electron chi connectivity index (χ0n) is 17.0. The van der Waals surface area contributed by atoms with Crippen LogP contribution in [0, 0.1) is 0 Å². The van der Waals surface area contributed by atoms with Gasteiger partial charge in [0.15, 0.2) is 0 Å². The Hall–Kier alpha value is -3.43. The average molecular weight is 396 g/mol. The summed E-state index contributed by atoms with van der Waals surface area (Å²) in [6.45, 7) is 2.43. The molecule has 0 N–H and O–H groups in total. The number of carbonyl (C=O) groups excluding carboxylic acids is 1. The number of ether oxygens (including phenoxy) is 2. The summed E-state index contributed by atoms with van der Waals surface area (Å²) in [5, 5.41) is 2.20. The minimum Gasteiger partial charge on any atom is -0.458 e. The highest BCUT2D eigenvalue weighted by atomic mass is 16.6. The first-order valence-electron chi connectivity index (χ1n) is 10.1. The Morgan fingerprint density at radius 3 is 1.93 bits per heavy atom. The van der Waals surface area contributed by atoms with E-state index >= 15 is 0 Å². The van der Waals surface area contributed by atoms with Gasteiger partial charge in [0.05, 0.1) is 0 Å². The van der Waals surface area contributed by atoms with Gasteiger partial charge in [-0.15, -0.1) is 0 Å². The zero-order valence-corrected chi connectivity index (χ0v) is 17.0. The standard InChI is InChI=1S/C27H24O3/c1-2-30-27(23-15-5-3-6-16-23,24-17-7-4-8-18-24)26(28)29-20-22-14-11-13-21-12-9-10-19-25(21)22/h3-19H,2,20H2,1H3. The molecule has 3 heteroatoms. The van der Waals surface area contributed by atoms with E-state index in [-0.39, 0.29) is 6.61 Å². The number of benzene rings is 4. The minimum absolute atomic E-state index is 0.175. The first kappa shape index (κ1) is 19.9. The van der Waals surface area contributed by atoms with Crippen LogP contribution in [0.4, 0.5) is 0 Å². The first-order valence-corrected chi connectivity index (χ1v) is 10.1. The van der Waals surface area contributed by atoms with Crippen molar-refractivity contribution in [1.29, 1.82) is 0 Å². The molecule has 0 saturated carbocycles. The molecule has 0 aliphatic carbocycles. The van der Waals surface area contributed by atoms with Gasteiger partial charge in [-0.05, 0) is 34.4 Å². The molecule has 0 fully saturated rings. The van der Waals surface area contributed by atoms with Crippen molar-refractivity contribution in [3.05, 3.63) is 120 Å². The van der Waals surface area contributed by atoms with Crippen molar-refractivity contribution in [3.8, 4) is 0 Å². The predicted octanol–water partition coefficient (Wildman–Crippen LogP) is 5.86. The second-order valence-electron chi connectivity index (χ2n) is 7.06. The van der Waals surface area contributed by atoms with Crippen molar-refractivity contribution < 1.29 is 14.3 Å². The molecule has 0 unspecified atom stereocenters. The minimum atomic E-state index is -1.32. The van der Waals surface area contributed by atoms with Crippen molar-refractivity contribution in [2.24, 2.45) is 0 Å². The molecule has 0 aliphatic rings. The van der Waals surface area contributed by atoms with Crippen LogP contribution in [-0.2, 0) is 26.5 Å². The molecule has 4 rings (SSSR count). The van der Waals surface area contributed by atoms with E-state index in [1.54, 1.807) is 0 Å². The Balaban J connectivity index is 1.72. The van der Waals surface area contributed by atoms with E-state index in [1.807, 2.05) is 97.9 Å². The molecule has 0 radical (unpaired) electrons. The van der Waals surface area contributed by atoms with E-state index in [1.165, 1.54) is 0 Å². The number of hydrogen-bond donors (Lipinski definition) is 0. The number of hydrogen-bond acceptors (Lipinski definition) is 3. The highest BCUT2D eigenvalue weighted by Gasteiger charge is 2.44. The van der Waals surface area contributed by atoms with Crippen LogP contribution in [0.15, 0.2) is 103 Å². The largest absolute Gasteiger partial charge is 0.458 e. The quantitative estimate of drug-likeness (QED) is 0.367. The third-order valence-corrected chi connectivity index (χ3v) is 5.25. The molecule has 0 heterocycles. The highest BCUT2D eigenvalue weighted by Crippen LogP contribution is 2.35. The summed E-state index contributed by atoms with van der Waals surface area (Å²) < 4.78 is 12.1. The summed E-state index contributed by atoms with van der Waals surface area (Å²) in [6.07, 6.45) is 0. The Labute approximate surface area is 176 Å². The van der Waals surface area contributed by atoms with E-state index in [9.17, 15) is 4.79 Å². The molecular weight excluding hydrogens is 372 g/mol. The van der Waals surface area contributed by atoms with Crippen LogP contribution in [0.5, 0.6) is 0 Å². The van der Waals surface area contributed by atoms with Gasteiger partial charge < -0.3 is 9.47 Å². The summed E-state index contributed by atoms with van der Waals surface area (Å²) in [4.78, 5) is 13.6. The molecule has 4 aromatic rings. The number of rotatable bonds is 7. The SMILES string of the molecule is CCOC(C(=O)OCc1cccc2ccccc12)(c1ccccc1)c1ccccc1. The fraction of sp³-hybridized carbons (Fsp3) is 0.148. The monoisotopic (exact) mass is 396 g/mol. The molecule has 0 amide bonds. The highest BCUT2D eigenvalue weighted by molar-refractivity contribution is 5.87. The third-order valence-electron chi connectivity index (χ3n) is 5.25. The van der Waals surface area contributed by atoms with Gasteiger partial charge in [0, 0.05) is 6.61 Å². The van der Waals surface area contributed by atoms with Gasteiger partial charge in [-0.25, -0.2) is 4.79 Å². The lowest BCUT2D eigenvalue weighted by Gasteiger charge is -2.32. The molecule has 0 aromatic heterocycles. The van der Waals surface area contributed by atoms with Crippen LogP contribution in [0.1, 0.15) is 23.6 Å². The van der Waals surface area contributed by atoms with Crippen LogP contribution in [-0.4, -0.2) is 12.6 Å². The van der Waals surface area contributed by atoms with E-state index in [0.29, 0.717) is 6.61 Å². The van der Waals surface area contributed by atoms with Gasteiger partial charge in [-0.1, -0.05) is 103 Å². The molecule has 150 valence electrons. The van der Waals surface area contributed by atoms with E-state index in [4.69, 9.17) is 9.47 Å². The number of esters is 1. The topological polar surface area (TPSA) is 35.5 Å². The summed E-state index contributed by atoms with van der Waals surface area (Å²) >= 11 is 0. The molecule has 0 saturated heterocycles. The fourth-order valence-corrected chi connectivity index (χ4v) is 3.85. The van der Waals surface area contributed by atoms with Gasteiger partial charge in [0.1, 0.15) is 6.61 Å². The molecule has 0 bridgehead atoms. The molecule has 4 aromatic carbocycles. The van der Waals surface area contributed by atoms with Crippen LogP contribution in [0.3, 0.4) is 0 Å². The summed E-state index contributed by atoms with van der Waals surface area (Å²) in [7, 11) is 0. The lowest BCUT2D eigenvalue weighted by molar-refractivity contribution is -0.169. The van der Waals surface area contributed by atoms with Crippen molar-refractivity contribution in [3.63, 3.8) is 0 Å². The van der Waals surface area contributed by atoms with Crippen molar-refractivity contribution in [1.82, 2.24) is 0 Å². The van der Waals surface area contributed by atoms with Crippen LogP contribution < -0.4 is 0 Å². The Kier molecular flexibility index (Phi) is 5.92. The van der Waals surface area contributed by atoms with E-state index < -0.39 is 11.6 Å². The van der Waals surface area contributed by atoms with Gasteiger partial charge in [0.25, 0.3) is 0 Å². The maximum absolute atomic E-state index is 13.6. The predicted molar refractivity (Wildman–Crippen MR) is 119 cm³/mol. The van der Waals surface area contributed by atoms with Crippen molar-refractivity contribution in [2.45, 2.75) is 19.1 Å². The third kappa shape index (κ3) is 3.72. The second-order valence-corrected chi connectivity index (χ2v) is 7.06. The number of carbonyl (C=O) groups is 1. The summed E-state index contributed by atoms with van der Waals surface area (Å²) in [5.41, 5.74) is 1.15. The first-order chi connectivity index (χ1) is 14.8. The molecule has 0 spiro atoms. The van der Waals surface area contributed by atoms with Crippen molar-refractivity contribution in [2.75, 3.05) is 6.61 Å². The van der Waals surface area contributed by atoms with Crippen LogP contribution >= 0.6 is 0 Å². The summed E-state index contributed by atoms with van der Waals surface area (Å²) in [5.74, 6) is -0.422. The lowest BCUT2D eigenvalue weighted by Crippen LogP contribution is -2.41. The van der Waals surface area contributed by atoms with Gasteiger partial charge in [0.2, 0.25) is 5.60 Å². The van der Waals surface area contributed by atoms with Gasteiger partial charge >= 0.3 is 5.97 Å². The Bertz CT molecular complexity index is 1080. The fourth-order valence-electron chi connectivity index (χ4n) is 3.85. The molecular formula is C27H24O3. The maximum Gasteiger partial charge on any atom is 0.348 e. The maximum atomic E-state index is 13.6. The Morgan fingerprint density at radius 2 is 1.30 bits per heavy atom.